The van der Waals surface area contributed by atoms with Crippen molar-refractivity contribution in [3.63, 3.8) is 0 Å². The van der Waals surface area contributed by atoms with Gasteiger partial charge >= 0.3 is 11.9 Å². The third-order valence-corrected chi connectivity index (χ3v) is 3.85. The summed E-state index contributed by atoms with van der Waals surface area (Å²) in [6.45, 7) is 0.141. The number of anilines is 1. The Kier molecular flexibility index (Phi) is 3.91. The number of carbonyl (C=O) groups is 1. The van der Waals surface area contributed by atoms with Crippen LogP contribution in [0.1, 0.15) is 6.42 Å². The van der Waals surface area contributed by atoms with E-state index in [1.54, 1.807) is 0 Å². The minimum absolute atomic E-state index is 0.141. The number of esters is 1. The third kappa shape index (κ3) is 2.83. The van der Waals surface area contributed by atoms with Gasteiger partial charge in [-0.2, -0.15) is 8.78 Å². The average Bonchev–Trinajstić information content (AvgIpc) is 2.52. The van der Waals surface area contributed by atoms with Gasteiger partial charge in [0.2, 0.25) is 0 Å². The molecule has 2 rings (SSSR count). The molecule has 1 fully saturated rings. The van der Waals surface area contributed by atoms with E-state index < -0.39 is 24.4 Å². The molecule has 0 spiro atoms. The summed E-state index contributed by atoms with van der Waals surface area (Å²) in [7, 11) is 0. The minimum atomic E-state index is -3.36. The molecule has 3 nitrogen and oxygen atoms in total. The lowest BCUT2D eigenvalue weighted by atomic mass is 10.2. The van der Waals surface area contributed by atoms with Gasteiger partial charge in [-0.3, -0.25) is 0 Å². The summed E-state index contributed by atoms with van der Waals surface area (Å²) >= 11 is 6.69. The summed E-state index contributed by atoms with van der Waals surface area (Å²) in [5, 5.41) is 2.98. The van der Waals surface area contributed by atoms with Crippen molar-refractivity contribution in [1.29, 1.82) is 0 Å². The van der Waals surface area contributed by atoms with Gasteiger partial charge in [-0.05, 0) is 44.0 Å². The first-order valence-electron chi connectivity index (χ1n) is 5.17. The van der Waals surface area contributed by atoms with Crippen LogP contribution in [0.5, 0.6) is 0 Å². The summed E-state index contributed by atoms with van der Waals surface area (Å²) < 4.78 is 32.1. The Morgan fingerprint density at radius 2 is 2.00 bits per heavy atom. The fourth-order valence-corrected chi connectivity index (χ4v) is 2.92. The molecule has 0 amide bonds. The van der Waals surface area contributed by atoms with Crippen LogP contribution in [0.4, 0.5) is 14.5 Å². The Morgan fingerprint density at radius 1 is 1.39 bits per heavy atom. The SMILES string of the molecule is O=C1OC(CNc2c(Br)cccc2Br)CC1(F)F. The third-order valence-electron chi connectivity index (χ3n) is 2.53. The Bertz CT molecular complexity index is 462. The molecular formula is C11H9Br2F2NO2. The summed E-state index contributed by atoms with van der Waals surface area (Å²) in [5.74, 6) is -4.81. The molecule has 98 valence electrons. The second-order valence-corrected chi connectivity index (χ2v) is 5.62. The molecule has 0 aromatic heterocycles. The largest absolute Gasteiger partial charge is 0.456 e. The van der Waals surface area contributed by atoms with Crippen molar-refractivity contribution in [1.82, 2.24) is 0 Å². The molecule has 1 heterocycles. The zero-order valence-electron chi connectivity index (χ0n) is 9.05. The summed E-state index contributed by atoms with van der Waals surface area (Å²) in [4.78, 5) is 10.8. The molecule has 1 aliphatic heterocycles. The van der Waals surface area contributed by atoms with E-state index in [0.29, 0.717) is 0 Å². The zero-order valence-corrected chi connectivity index (χ0v) is 12.2. The lowest BCUT2D eigenvalue weighted by Gasteiger charge is -2.13. The highest BCUT2D eigenvalue weighted by Gasteiger charge is 2.50. The first kappa shape index (κ1) is 13.7. The second kappa shape index (κ2) is 5.13. The molecule has 1 aromatic rings. The van der Waals surface area contributed by atoms with E-state index in [9.17, 15) is 13.6 Å². The van der Waals surface area contributed by atoms with Gasteiger partial charge in [0.1, 0.15) is 6.10 Å². The average molecular weight is 385 g/mol. The van der Waals surface area contributed by atoms with Crippen LogP contribution in [-0.2, 0) is 9.53 Å². The number of para-hydroxylation sites is 1. The molecule has 0 radical (unpaired) electrons. The van der Waals surface area contributed by atoms with Crippen LogP contribution in [0.2, 0.25) is 0 Å². The number of hydrogen-bond acceptors (Lipinski definition) is 3. The van der Waals surface area contributed by atoms with Crippen LogP contribution < -0.4 is 5.32 Å². The molecule has 7 heteroatoms. The number of hydrogen-bond donors (Lipinski definition) is 1. The van der Waals surface area contributed by atoms with E-state index in [2.05, 4.69) is 41.9 Å². The maximum Gasteiger partial charge on any atom is 0.377 e. The number of rotatable bonds is 3. The number of cyclic esters (lactones) is 1. The van der Waals surface area contributed by atoms with E-state index in [-0.39, 0.29) is 6.54 Å². The van der Waals surface area contributed by atoms with Gasteiger partial charge in [-0.1, -0.05) is 6.07 Å². The lowest BCUT2D eigenvalue weighted by Crippen LogP contribution is -2.22. The molecule has 0 bridgehead atoms. The molecule has 0 aliphatic carbocycles. The highest BCUT2D eigenvalue weighted by atomic mass is 79.9. The summed E-state index contributed by atoms with van der Waals surface area (Å²) in [6, 6.07) is 5.48. The van der Waals surface area contributed by atoms with Gasteiger partial charge in [0.25, 0.3) is 0 Å². The minimum Gasteiger partial charge on any atom is -0.456 e. The highest BCUT2D eigenvalue weighted by Crippen LogP contribution is 2.33. The lowest BCUT2D eigenvalue weighted by molar-refractivity contribution is -0.158. The monoisotopic (exact) mass is 383 g/mol. The van der Waals surface area contributed by atoms with Crippen molar-refractivity contribution >= 4 is 43.5 Å². The van der Waals surface area contributed by atoms with Gasteiger partial charge in [0, 0.05) is 8.95 Å². The maximum atomic E-state index is 13.0. The maximum absolute atomic E-state index is 13.0. The summed E-state index contributed by atoms with van der Waals surface area (Å²) in [6.07, 6.45) is -1.40. The van der Waals surface area contributed by atoms with E-state index in [0.717, 1.165) is 14.6 Å². The normalized spacial score (nSPS) is 21.8. The molecule has 1 aromatic carbocycles. The zero-order chi connectivity index (χ0) is 13.3. The number of ether oxygens (including phenoxy) is 1. The number of alkyl halides is 2. The molecule has 1 unspecified atom stereocenters. The number of halogens is 4. The smallest absolute Gasteiger partial charge is 0.377 e. The van der Waals surface area contributed by atoms with Crippen molar-refractivity contribution in [3.8, 4) is 0 Å². The quantitative estimate of drug-likeness (QED) is 0.809. The molecule has 18 heavy (non-hydrogen) atoms. The van der Waals surface area contributed by atoms with E-state index in [4.69, 9.17) is 0 Å². The van der Waals surface area contributed by atoms with Crippen molar-refractivity contribution < 1.29 is 18.3 Å². The fraction of sp³-hybridized carbons (Fsp3) is 0.364. The van der Waals surface area contributed by atoms with Crippen LogP contribution in [0.25, 0.3) is 0 Å². The van der Waals surface area contributed by atoms with Crippen molar-refractivity contribution in [2.45, 2.75) is 18.4 Å². The van der Waals surface area contributed by atoms with Crippen LogP contribution in [0, 0.1) is 0 Å². The molecule has 1 atom stereocenters. The topological polar surface area (TPSA) is 38.3 Å². The van der Waals surface area contributed by atoms with E-state index in [1.807, 2.05) is 18.2 Å². The Labute approximate surface area is 119 Å². The van der Waals surface area contributed by atoms with Gasteiger partial charge in [-0.15, -0.1) is 0 Å². The van der Waals surface area contributed by atoms with Gasteiger partial charge < -0.3 is 10.1 Å². The molecular weight excluding hydrogens is 376 g/mol. The number of carbonyl (C=O) groups excluding carboxylic acids is 1. The number of nitrogens with one attached hydrogen (secondary N) is 1. The first-order chi connectivity index (χ1) is 8.40. The first-order valence-corrected chi connectivity index (χ1v) is 6.75. The predicted molar refractivity (Wildman–Crippen MR) is 69.8 cm³/mol. The Hall–Kier alpha value is -0.690. The van der Waals surface area contributed by atoms with Crippen LogP contribution in [0.3, 0.4) is 0 Å². The molecule has 1 N–H and O–H groups in total. The van der Waals surface area contributed by atoms with E-state index >= 15 is 0 Å². The van der Waals surface area contributed by atoms with E-state index in [1.165, 1.54) is 0 Å². The van der Waals surface area contributed by atoms with Crippen molar-refractivity contribution in [2.24, 2.45) is 0 Å². The molecule has 1 aliphatic rings. The predicted octanol–water partition coefficient (Wildman–Crippen LogP) is 3.57. The Morgan fingerprint density at radius 3 is 2.50 bits per heavy atom. The Balaban J connectivity index is 1.99. The van der Waals surface area contributed by atoms with Gasteiger partial charge in [-0.25, -0.2) is 4.79 Å². The second-order valence-electron chi connectivity index (χ2n) is 3.91. The summed E-state index contributed by atoms with van der Waals surface area (Å²) in [5.41, 5.74) is 0.740. The van der Waals surface area contributed by atoms with Crippen LogP contribution in [-0.4, -0.2) is 24.5 Å². The van der Waals surface area contributed by atoms with Gasteiger partial charge in [0.05, 0.1) is 18.7 Å². The van der Waals surface area contributed by atoms with Crippen LogP contribution in [0.15, 0.2) is 27.1 Å². The molecule has 0 saturated carbocycles. The molecule has 1 saturated heterocycles. The fourth-order valence-electron chi connectivity index (χ4n) is 1.64. The van der Waals surface area contributed by atoms with Gasteiger partial charge in [0.15, 0.2) is 0 Å². The van der Waals surface area contributed by atoms with Crippen molar-refractivity contribution in [3.05, 3.63) is 27.1 Å². The standard InChI is InChI=1S/C11H9Br2F2NO2/c12-7-2-1-3-8(13)9(7)16-5-6-4-11(14,15)10(17)18-6/h1-3,6,16H,4-5H2. The van der Waals surface area contributed by atoms with Crippen LogP contribution >= 0.6 is 31.9 Å². The van der Waals surface area contributed by atoms with Crippen molar-refractivity contribution in [2.75, 3.05) is 11.9 Å². The number of benzene rings is 1. The highest BCUT2D eigenvalue weighted by molar-refractivity contribution is 9.11.